The number of hydrogen-bond donors (Lipinski definition) is 1. The standard InChI is InChI=1S/C13H18N4O2S/c1-7-9-10(14)11(20-13(9)16(2)15-7)12(18)17-5-4-8(6-17)19-3/h8H,4-6,14H2,1-3H3. The van der Waals surface area contributed by atoms with E-state index in [1.165, 1.54) is 11.3 Å². The summed E-state index contributed by atoms with van der Waals surface area (Å²) >= 11 is 1.42. The number of carbonyl (C=O) groups is 1. The molecule has 0 aliphatic carbocycles. The summed E-state index contributed by atoms with van der Waals surface area (Å²) in [4.78, 5) is 16.0. The van der Waals surface area contributed by atoms with Gasteiger partial charge in [0.2, 0.25) is 0 Å². The molecule has 20 heavy (non-hydrogen) atoms. The van der Waals surface area contributed by atoms with Crippen LogP contribution in [0.1, 0.15) is 21.8 Å². The zero-order valence-electron chi connectivity index (χ0n) is 11.8. The third kappa shape index (κ3) is 1.89. The maximum atomic E-state index is 12.6. The zero-order valence-corrected chi connectivity index (χ0v) is 12.7. The topological polar surface area (TPSA) is 73.4 Å². The Morgan fingerprint density at radius 2 is 2.30 bits per heavy atom. The molecule has 3 heterocycles. The highest BCUT2D eigenvalue weighted by Crippen LogP contribution is 2.36. The molecule has 2 aromatic heterocycles. The number of amides is 1. The lowest BCUT2D eigenvalue weighted by atomic mass is 10.2. The SMILES string of the molecule is COC1CCN(C(=O)c2sc3c(c(C)nn3C)c2N)C1. The van der Waals surface area contributed by atoms with Gasteiger partial charge in [0.25, 0.3) is 5.91 Å². The van der Waals surface area contributed by atoms with Gasteiger partial charge >= 0.3 is 0 Å². The lowest BCUT2D eigenvalue weighted by Gasteiger charge is -2.15. The molecule has 2 aromatic rings. The van der Waals surface area contributed by atoms with E-state index in [-0.39, 0.29) is 12.0 Å². The number of aryl methyl sites for hydroxylation is 2. The number of hydrogen-bond acceptors (Lipinski definition) is 5. The van der Waals surface area contributed by atoms with Crippen LogP contribution in [0, 0.1) is 6.92 Å². The van der Waals surface area contributed by atoms with Gasteiger partial charge in [-0.1, -0.05) is 0 Å². The maximum absolute atomic E-state index is 12.6. The number of nitrogens with zero attached hydrogens (tertiary/aromatic N) is 3. The van der Waals surface area contributed by atoms with Crippen molar-refractivity contribution in [2.45, 2.75) is 19.4 Å². The van der Waals surface area contributed by atoms with E-state index in [0.29, 0.717) is 17.1 Å². The quantitative estimate of drug-likeness (QED) is 0.908. The number of aromatic nitrogens is 2. The summed E-state index contributed by atoms with van der Waals surface area (Å²) in [5.41, 5.74) is 7.59. The Kier molecular flexibility index (Phi) is 3.18. The monoisotopic (exact) mass is 294 g/mol. The lowest BCUT2D eigenvalue weighted by Crippen LogP contribution is -2.29. The number of rotatable bonds is 2. The number of fused-ring (bicyclic) bond motifs is 1. The lowest BCUT2D eigenvalue weighted by molar-refractivity contribution is 0.0729. The number of nitrogens with two attached hydrogens (primary N) is 1. The average Bonchev–Trinajstić information content (AvgIpc) is 3.07. The normalized spacial score (nSPS) is 19.1. The highest BCUT2D eigenvalue weighted by atomic mass is 32.1. The van der Waals surface area contributed by atoms with E-state index in [2.05, 4.69) is 5.10 Å². The van der Waals surface area contributed by atoms with Gasteiger partial charge in [-0.05, 0) is 13.3 Å². The van der Waals surface area contributed by atoms with E-state index in [9.17, 15) is 4.79 Å². The summed E-state index contributed by atoms with van der Waals surface area (Å²) in [6.07, 6.45) is 1.02. The highest BCUT2D eigenvalue weighted by molar-refractivity contribution is 7.21. The summed E-state index contributed by atoms with van der Waals surface area (Å²) < 4.78 is 7.09. The van der Waals surface area contributed by atoms with E-state index in [1.54, 1.807) is 11.8 Å². The first-order valence-electron chi connectivity index (χ1n) is 6.56. The predicted molar refractivity (Wildman–Crippen MR) is 79.1 cm³/mol. The fourth-order valence-electron chi connectivity index (χ4n) is 2.74. The third-order valence-corrected chi connectivity index (χ3v) is 5.10. The van der Waals surface area contributed by atoms with E-state index in [4.69, 9.17) is 10.5 Å². The minimum absolute atomic E-state index is 0.00245. The second-order valence-corrected chi connectivity index (χ2v) is 6.13. The number of ether oxygens (including phenoxy) is 1. The van der Waals surface area contributed by atoms with Crippen molar-refractivity contribution in [2.24, 2.45) is 7.05 Å². The Morgan fingerprint density at radius 1 is 1.55 bits per heavy atom. The molecule has 3 rings (SSSR count). The molecular formula is C13H18N4O2S. The van der Waals surface area contributed by atoms with Crippen molar-refractivity contribution >= 4 is 33.1 Å². The first-order chi connectivity index (χ1) is 9.52. The third-order valence-electron chi connectivity index (χ3n) is 3.84. The van der Waals surface area contributed by atoms with Gasteiger partial charge in [-0.3, -0.25) is 9.48 Å². The summed E-state index contributed by atoms with van der Waals surface area (Å²) in [7, 11) is 3.55. The van der Waals surface area contributed by atoms with E-state index >= 15 is 0 Å². The van der Waals surface area contributed by atoms with Crippen LogP contribution >= 0.6 is 11.3 Å². The molecule has 1 aliphatic rings. The highest BCUT2D eigenvalue weighted by Gasteiger charge is 2.30. The smallest absolute Gasteiger partial charge is 0.266 e. The molecule has 0 bridgehead atoms. The van der Waals surface area contributed by atoms with Gasteiger partial charge in [-0.2, -0.15) is 5.10 Å². The minimum Gasteiger partial charge on any atom is -0.397 e. The maximum Gasteiger partial charge on any atom is 0.266 e. The van der Waals surface area contributed by atoms with Gasteiger partial charge < -0.3 is 15.4 Å². The number of carbonyl (C=O) groups excluding carboxylic acids is 1. The van der Waals surface area contributed by atoms with Gasteiger partial charge in [0.1, 0.15) is 9.71 Å². The van der Waals surface area contributed by atoms with Gasteiger partial charge in [0.05, 0.1) is 22.9 Å². The molecule has 108 valence electrons. The fourth-order valence-corrected chi connectivity index (χ4v) is 3.89. The molecule has 0 radical (unpaired) electrons. The molecule has 0 spiro atoms. The van der Waals surface area contributed by atoms with Crippen molar-refractivity contribution in [2.75, 3.05) is 25.9 Å². The summed E-state index contributed by atoms with van der Waals surface area (Å²) in [6, 6.07) is 0. The van der Waals surface area contributed by atoms with Crippen molar-refractivity contribution in [1.29, 1.82) is 0 Å². The molecule has 2 N–H and O–H groups in total. The van der Waals surface area contributed by atoms with Crippen LogP contribution in [0.2, 0.25) is 0 Å². The van der Waals surface area contributed by atoms with Crippen LogP contribution in [0.3, 0.4) is 0 Å². The predicted octanol–water partition coefficient (Wildman–Crippen LogP) is 1.39. The van der Waals surface area contributed by atoms with Gasteiger partial charge in [-0.25, -0.2) is 0 Å². The molecule has 6 nitrogen and oxygen atoms in total. The molecule has 7 heteroatoms. The van der Waals surface area contributed by atoms with Crippen LogP contribution < -0.4 is 5.73 Å². The molecule has 1 unspecified atom stereocenters. The van der Waals surface area contributed by atoms with Crippen molar-refractivity contribution in [3.63, 3.8) is 0 Å². The molecule has 1 amide bonds. The first kappa shape index (κ1) is 13.4. The average molecular weight is 294 g/mol. The molecule has 0 aromatic carbocycles. The van der Waals surface area contributed by atoms with Gasteiger partial charge in [-0.15, -0.1) is 11.3 Å². The van der Waals surface area contributed by atoms with Crippen molar-refractivity contribution in [3.05, 3.63) is 10.6 Å². The van der Waals surface area contributed by atoms with Gasteiger partial charge in [0, 0.05) is 27.2 Å². The Hall–Kier alpha value is -1.60. The first-order valence-corrected chi connectivity index (χ1v) is 7.38. The van der Waals surface area contributed by atoms with Crippen molar-refractivity contribution < 1.29 is 9.53 Å². The Bertz CT molecular complexity index is 676. The van der Waals surface area contributed by atoms with E-state index in [1.807, 2.05) is 18.9 Å². The van der Waals surface area contributed by atoms with Crippen LogP contribution in [0.5, 0.6) is 0 Å². The van der Waals surface area contributed by atoms with Crippen LogP contribution in [0.15, 0.2) is 0 Å². The van der Waals surface area contributed by atoms with E-state index in [0.717, 1.165) is 28.9 Å². The van der Waals surface area contributed by atoms with Crippen LogP contribution in [-0.4, -0.2) is 46.9 Å². The molecule has 1 fully saturated rings. The number of nitrogen functional groups attached to an aromatic ring is 1. The molecule has 1 aliphatic heterocycles. The Morgan fingerprint density at radius 3 is 2.90 bits per heavy atom. The summed E-state index contributed by atoms with van der Waals surface area (Å²) in [6.45, 7) is 3.28. The van der Waals surface area contributed by atoms with Crippen molar-refractivity contribution in [3.8, 4) is 0 Å². The Labute approximate surface area is 121 Å². The molecular weight excluding hydrogens is 276 g/mol. The van der Waals surface area contributed by atoms with Crippen LogP contribution in [-0.2, 0) is 11.8 Å². The second-order valence-electron chi connectivity index (χ2n) is 5.13. The summed E-state index contributed by atoms with van der Waals surface area (Å²) in [5, 5.41) is 5.24. The molecule has 1 saturated heterocycles. The summed E-state index contributed by atoms with van der Waals surface area (Å²) in [5.74, 6) is 0.00245. The largest absolute Gasteiger partial charge is 0.397 e. The second kappa shape index (κ2) is 4.75. The van der Waals surface area contributed by atoms with Gasteiger partial charge in [0.15, 0.2) is 0 Å². The van der Waals surface area contributed by atoms with Crippen LogP contribution in [0.4, 0.5) is 5.69 Å². The Balaban J connectivity index is 1.96. The number of anilines is 1. The minimum atomic E-state index is 0.00245. The fraction of sp³-hybridized carbons (Fsp3) is 0.538. The number of methoxy groups -OCH3 is 1. The zero-order chi connectivity index (χ0) is 14.4. The number of likely N-dealkylation sites (tertiary alicyclic amines) is 1. The molecule has 1 atom stereocenters. The van der Waals surface area contributed by atoms with Crippen LogP contribution in [0.25, 0.3) is 10.2 Å². The van der Waals surface area contributed by atoms with Crippen molar-refractivity contribution in [1.82, 2.24) is 14.7 Å². The molecule has 0 saturated carbocycles. The van der Waals surface area contributed by atoms with E-state index < -0.39 is 0 Å². The number of thiophene rings is 1.